The monoisotopic (exact) mass is 413 g/mol. The predicted octanol–water partition coefficient (Wildman–Crippen LogP) is 6.08. The third-order valence-corrected chi connectivity index (χ3v) is 6.92. The van der Waals surface area contributed by atoms with Gasteiger partial charge in [-0.05, 0) is 64.0 Å². The van der Waals surface area contributed by atoms with E-state index in [9.17, 15) is 9.59 Å². The molecule has 1 heterocycles. The van der Waals surface area contributed by atoms with E-state index in [0.717, 1.165) is 41.7 Å². The molecule has 0 unspecified atom stereocenters. The molecule has 2 aromatic rings. The number of hydrogen-bond donors (Lipinski definition) is 0. The van der Waals surface area contributed by atoms with Crippen molar-refractivity contribution >= 4 is 28.9 Å². The highest BCUT2D eigenvalue weighted by Crippen LogP contribution is 2.40. The molecule has 29 heavy (non-hydrogen) atoms. The number of thiophene rings is 1. The van der Waals surface area contributed by atoms with Gasteiger partial charge in [-0.2, -0.15) is 0 Å². The number of nitrogens with zero attached hydrogens (tertiary/aromatic N) is 1. The van der Waals surface area contributed by atoms with E-state index in [1.165, 1.54) is 18.4 Å². The molecule has 1 aliphatic rings. The molecule has 1 aromatic heterocycles. The molecule has 0 radical (unpaired) electrons. The van der Waals surface area contributed by atoms with Crippen LogP contribution in [0.1, 0.15) is 61.7 Å². The molecule has 1 amide bonds. The summed E-state index contributed by atoms with van der Waals surface area (Å²) in [5.41, 5.74) is 2.89. The zero-order valence-electron chi connectivity index (χ0n) is 18.0. The van der Waals surface area contributed by atoms with Crippen LogP contribution in [0.5, 0.6) is 0 Å². The highest BCUT2D eigenvalue weighted by atomic mass is 32.1. The van der Waals surface area contributed by atoms with Gasteiger partial charge in [0.1, 0.15) is 4.88 Å². The first-order valence-electron chi connectivity index (χ1n) is 10.4. The van der Waals surface area contributed by atoms with Gasteiger partial charge in [0.25, 0.3) is 0 Å². The van der Waals surface area contributed by atoms with Crippen molar-refractivity contribution < 1.29 is 14.3 Å². The molecule has 0 atom stereocenters. The summed E-state index contributed by atoms with van der Waals surface area (Å²) in [4.78, 5) is 29.3. The quantitative estimate of drug-likeness (QED) is 0.558. The van der Waals surface area contributed by atoms with E-state index >= 15 is 0 Å². The largest absolute Gasteiger partial charge is 0.465 e. The van der Waals surface area contributed by atoms with Crippen molar-refractivity contribution in [3.8, 4) is 10.4 Å². The van der Waals surface area contributed by atoms with Crippen LogP contribution in [0.2, 0.25) is 0 Å². The van der Waals surface area contributed by atoms with Crippen LogP contribution in [0.3, 0.4) is 0 Å². The first-order valence-corrected chi connectivity index (χ1v) is 11.3. The Morgan fingerprint density at radius 3 is 2.41 bits per heavy atom. The predicted molar refractivity (Wildman–Crippen MR) is 120 cm³/mol. The Hall–Kier alpha value is -2.14. The van der Waals surface area contributed by atoms with Crippen LogP contribution in [0.25, 0.3) is 10.4 Å². The number of hydrogen-bond acceptors (Lipinski definition) is 4. The third-order valence-electron chi connectivity index (χ3n) is 5.76. The standard InChI is InChI=1S/C24H31NO3S/c1-15(2)25(23(26)18-11-9-16(3)10-12-18)20-14-21(29-22(20)24(27)28-5)19-8-6-7-17(4)13-19/h6-8,13-16,18H,9-12H2,1-5H3. The fraction of sp³-hybridized carbons (Fsp3) is 0.500. The van der Waals surface area contributed by atoms with Gasteiger partial charge in [0.05, 0.1) is 12.8 Å². The van der Waals surface area contributed by atoms with E-state index < -0.39 is 0 Å². The Balaban J connectivity index is 2.02. The molecule has 1 aliphatic carbocycles. The minimum Gasteiger partial charge on any atom is -0.465 e. The van der Waals surface area contributed by atoms with Gasteiger partial charge in [-0.1, -0.05) is 36.8 Å². The minimum atomic E-state index is -0.389. The molecule has 5 heteroatoms. The summed E-state index contributed by atoms with van der Waals surface area (Å²) in [7, 11) is 1.39. The number of carbonyl (C=O) groups is 2. The molecule has 0 N–H and O–H groups in total. The van der Waals surface area contributed by atoms with E-state index in [2.05, 4.69) is 13.0 Å². The van der Waals surface area contributed by atoms with E-state index in [0.29, 0.717) is 16.5 Å². The van der Waals surface area contributed by atoms with Crippen LogP contribution < -0.4 is 4.90 Å². The first-order chi connectivity index (χ1) is 13.8. The van der Waals surface area contributed by atoms with Crippen LogP contribution in [0, 0.1) is 18.8 Å². The van der Waals surface area contributed by atoms with Gasteiger partial charge in [-0.25, -0.2) is 4.79 Å². The van der Waals surface area contributed by atoms with Crippen molar-refractivity contribution in [3.63, 3.8) is 0 Å². The summed E-state index contributed by atoms with van der Waals surface area (Å²) in [5.74, 6) is 0.456. The second-order valence-electron chi connectivity index (χ2n) is 8.44. The summed E-state index contributed by atoms with van der Waals surface area (Å²) >= 11 is 1.40. The van der Waals surface area contributed by atoms with Crippen LogP contribution in [0.15, 0.2) is 30.3 Å². The molecular weight excluding hydrogens is 382 g/mol. The summed E-state index contributed by atoms with van der Waals surface area (Å²) in [5, 5.41) is 0. The van der Waals surface area contributed by atoms with Crippen molar-refractivity contribution in [3.05, 3.63) is 40.8 Å². The Kier molecular flexibility index (Phi) is 6.78. The smallest absolute Gasteiger partial charge is 0.350 e. The van der Waals surface area contributed by atoms with Crippen LogP contribution >= 0.6 is 11.3 Å². The number of amides is 1. The zero-order chi connectivity index (χ0) is 21.1. The van der Waals surface area contributed by atoms with Gasteiger partial charge in [0.15, 0.2) is 0 Å². The van der Waals surface area contributed by atoms with Crippen molar-refractivity contribution in [2.45, 2.75) is 59.4 Å². The van der Waals surface area contributed by atoms with Gasteiger partial charge in [0.2, 0.25) is 5.91 Å². The van der Waals surface area contributed by atoms with Gasteiger partial charge >= 0.3 is 5.97 Å². The molecule has 3 rings (SSSR count). The summed E-state index contributed by atoms with van der Waals surface area (Å²) in [6.45, 7) is 8.32. The van der Waals surface area contributed by atoms with Gasteiger partial charge in [-0.3, -0.25) is 4.79 Å². The first kappa shape index (κ1) is 21.6. The molecule has 1 saturated carbocycles. The number of benzene rings is 1. The summed E-state index contributed by atoms with van der Waals surface area (Å²) in [6.07, 6.45) is 4.02. The lowest BCUT2D eigenvalue weighted by Crippen LogP contribution is -2.42. The number of esters is 1. The molecule has 1 fully saturated rings. The Labute approximate surface area is 177 Å². The molecule has 0 saturated heterocycles. The zero-order valence-corrected chi connectivity index (χ0v) is 18.8. The SMILES string of the molecule is COC(=O)c1sc(-c2cccc(C)c2)cc1N(C(=O)C1CCC(C)CC1)C(C)C. The average Bonchev–Trinajstić information content (AvgIpc) is 3.12. The minimum absolute atomic E-state index is 0.0291. The Bertz CT molecular complexity index is 878. The molecule has 4 nitrogen and oxygen atoms in total. The van der Waals surface area contributed by atoms with E-state index in [4.69, 9.17) is 4.74 Å². The molecule has 1 aromatic carbocycles. The molecule has 0 spiro atoms. The number of anilines is 1. The Morgan fingerprint density at radius 1 is 1.14 bits per heavy atom. The van der Waals surface area contributed by atoms with E-state index in [-0.39, 0.29) is 23.8 Å². The maximum absolute atomic E-state index is 13.5. The van der Waals surface area contributed by atoms with Crippen LogP contribution in [-0.4, -0.2) is 25.0 Å². The highest BCUT2D eigenvalue weighted by molar-refractivity contribution is 7.18. The van der Waals surface area contributed by atoms with Crippen molar-refractivity contribution in [1.29, 1.82) is 0 Å². The van der Waals surface area contributed by atoms with Gasteiger partial charge < -0.3 is 9.64 Å². The number of methoxy groups -OCH3 is 1. The fourth-order valence-corrected chi connectivity index (χ4v) is 5.16. The summed E-state index contributed by atoms with van der Waals surface area (Å²) < 4.78 is 5.05. The van der Waals surface area contributed by atoms with Crippen LogP contribution in [0.4, 0.5) is 5.69 Å². The average molecular weight is 414 g/mol. The maximum Gasteiger partial charge on any atom is 0.350 e. The molecule has 0 bridgehead atoms. The van der Waals surface area contributed by atoms with Crippen molar-refractivity contribution in [2.24, 2.45) is 11.8 Å². The molecule has 0 aliphatic heterocycles. The number of carbonyl (C=O) groups excluding carboxylic acids is 2. The number of aryl methyl sites for hydroxylation is 1. The van der Waals surface area contributed by atoms with Crippen molar-refractivity contribution in [1.82, 2.24) is 0 Å². The normalized spacial score (nSPS) is 19.2. The number of rotatable bonds is 5. The second-order valence-corrected chi connectivity index (χ2v) is 9.50. The van der Waals surface area contributed by atoms with Gasteiger partial charge in [-0.15, -0.1) is 11.3 Å². The molecule has 156 valence electrons. The lowest BCUT2D eigenvalue weighted by molar-refractivity contribution is -0.123. The van der Waals surface area contributed by atoms with E-state index in [1.807, 2.05) is 49.9 Å². The second kappa shape index (κ2) is 9.12. The number of ether oxygens (including phenoxy) is 1. The topological polar surface area (TPSA) is 46.6 Å². The van der Waals surface area contributed by atoms with E-state index in [1.54, 1.807) is 0 Å². The fourth-order valence-electron chi connectivity index (χ4n) is 4.09. The van der Waals surface area contributed by atoms with Gasteiger partial charge in [0, 0.05) is 16.8 Å². The van der Waals surface area contributed by atoms with Crippen LogP contribution in [-0.2, 0) is 9.53 Å². The lowest BCUT2D eigenvalue weighted by atomic mass is 9.82. The van der Waals surface area contributed by atoms with Crippen molar-refractivity contribution in [2.75, 3.05) is 12.0 Å². The Morgan fingerprint density at radius 2 is 1.83 bits per heavy atom. The highest BCUT2D eigenvalue weighted by Gasteiger charge is 2.33. The third kappa shape index (κ3) is 4.72. The lowest BCUT2D eigenvalue weighted by Gasteiger charge is -2.33. The molecular formula is C24H31NO3S. The maximum atomic E-state index is 13.5. The summed E-state index contributed by atoms with van der Waals surface area (Å²) in [6, 6.07) is 10.1.